The molecule has 18 heavy (non-hydrogen) atoms. The van der Waals surface area contributed by atoms with E-state index in [1.807, 2.05) is 36.4 Å². The van der Waals surface area contributed by atoms with Crippen molar-refractivity contribution in [1.29, 1.82) is 0 Å². The van der Waals surface area contributed by atoms with Gasteiger partial charge in [0.05, 0.1) is 0 Å². The lowest BCUT2D eigenvalue weighted by Crippen LogP contribution is -1.98. The molecule has 0 amide bonds. The third-order valence-corrected chi connectivity index (χ3v) is 4.12. The molecule has 0 saturated carbocycles. The Bertz CT molecular complexity index is 762. The molecule has 0 aliphatic rings. The molecular formula is C15H9ClOS. The van der Waals surface area contributed by atoms with Crippen molar-refractivity contribution in [2.45, 2.75) is 0 Å². The Morgan fingerprint density at radius 3 is 2.50 bits per heavy atom. The smallest absolute Gasteiger partial charge is 0.188 e. The van der Waals surface area contributed by atoms with Gasteiger partial charge in [0.15, 0.2) is 5.43 Å². The van der Waals surface area contributed by atoms with Crippen molar-refractivity contribution in [3.63, 3.8) is 0 Å². The average molecular weight is 273 g/mol. The molecule has 88 valence electrons. The van der Waals surface area contributed by atoms with Crippen LogP contribution in [0.5, 0.6) is 0 Å². The van der Waals surface area contributed by atoms with E-state index >= 15 is 0 Å². The highest BCUT2D eigenvalue weighted by Crippen LogP contribution is 2.29. The molecule has 1 aromatic heterocycles. The maximum absolute atomic E-state index is 12.0. The Morgan fingerprint density at radius 2 is 1.72 bits per heavy atom. The van der Waals surface area contributed by atoms with E-state index in [1.54, 1.807) is 29.5 Å². The SMILES string of the molecule is O=c1cc(-c2ccccc2)sc2cc(Cl)ccc12. The fourth-order valence-electron chi connectivity index (χ4n) is 1.87. The monoisotopic (exact) mass is 272 g/mol. The Labute approximate surface area is 113 Å². The second-order valence-corrected chi connectivity index (χ2v) is 5.50. The summed E-state index contributed by atoms with van der Waals surface area (Å²) in [5.74, 6) is 0. The van der Waals surface area contributed by atoms with Gasteiger partial charge in [-0.25, -0.2) is 0 Å². The number of halogens is 1. The summed E-state index contributed by atoms with van der Waals surface area (Å²) >= 11 is 7.56. The normalized spacial score (nSPS) is 10.7. The fraction of sp³-hybridized carbons (Fsp3) is 0. The van der Waals surface area contributed by atoms with Crippen molar-refractivity contribution < 1.29 is 0 Å². The second kappa shape index (κ2) is 4.56. The summed E-state index contributed by atoms with van der Waals surface area (Å²) in [5.41, 5.74) is 1.10. The second-order valence-electron chi connectivity index (χ2n) is 3.98. The van der Waals surface area contributed by atoms with Crippen LogP contribution in [-0.2, 0) is 0 Å². The number of rotatable bonds is 1. The number of hydrogen-bond acceptors (Lipinski definition) is 2. The summed E-state index contributed by atoms with van der Waals surface area (Å²) in [6.45, 7) is 0. The number of benzene rings is 2. The van der Waals surface area contributed by atoms with Gasteiger partial charge in [0.25, 0.3) is 0 Å². The highest BCUT2D eigenvalue weighted by atomic mass is 35.5. The van der Waals surface area contributed by atoms with E-state index < -0.39 is 0 Å². The Hall–Kier alpha value is -1.64. The zero-order chi connectivity index (χ0) is 12.5. The molecule has 0 spiro atoms. The standard InChI is InChI=1S/C15H9ClOS/c16-11-6-7-12-13(17)9-14(18-15(12)8-11)10-4-2-1-3-5-10/h1-9H. The third kappa shape index (κ3) is 2.05. The fourth-order valence-corrected chi connectivity index (χ4v) is 3.23. The Balaban J connectivity index is 2.30. The molecule has 0 atom stereocenters. The van der Waals surface area contributed by atoms with Gasteiger partial charge in [0.1, 0.15) is 0 Å². The maximum Gasteiger partial charge on any atom is 0.188 e. The summed E-state index contributed by atoms with van der Waals surface area (Å²) in [6.07, 6.45) is 0. The van der Waals surface area contributed by atoms with Crippen LogP contribution >= 0.6 is 22.9 Å². The van der Waals surface area contributed by atoms with Crippen molar-refractivity contribution in [2.24, 2.45) is 0 Å². The largest absolute Gasteiger partial charge is 0.289 e. The predicted octanol–water partition coefficient (Wildman–Crippen LogP) is 4.58. The molecular weight excluding hydrogens is 264 g/mol. The molecule has 1 heterocycles. The molecule has 0 N–H and O–H groups in total. The van der Waals surface area contributed by atoms with Crippen LogP contribution in [0.1, 0.15) is 0 Å². The van der Waals surface area contributed by atoms with Gasteiger partial charge in [0.2, 0.25) is 0 Å². The molecule has 0 radical (unpaired) electrons. The van der Waals surface area contributed by atoms with Crippen LogP contribution in [0.2, 0.25) is 5.02 Å². The zero-order valence-corrected chi connectivity index (χ0v) is 11.0. The van der Waals surface area contributed by atoms with Gasteiger partial charge in [-0.2, -0.15) is 0 Å². The van der Waals surface area contributed by atoms with E-state index in [9.17, 15) is 4.79 Å². The van der Waals surface area contributed by atoms with Gasteiger partial charge in [-0.15, -0.1) is 11.3 Å². The predicted molar refractivity (Wildman–Crippen MR) is 78.5 cm³/mol. The van der Waals surface area contributed by atoms with E-state index in [0.717, 1.165) is 20.5 Å². The van der Waals surface area contributed by atoms with Gasteiger partial charge >= 0.3 is 0 Å². The molecule has 3 aromatic rings. The third-order valence-electron chi connectivity index (χ3n) is 2.75. The van der Waals surface area contributed by atoms with Gasteiger partial charge in [-0.05, 0) is 23.8 Å². The van der Waals surface area contributed by atoms with E-state index in [-0.39, 0.29) is 5.43 Å². The van der Waals surface area contributed by atoms with Crippen molar-refractivity contribution in [3.8, 4) is 10.4 Å². The van der Waals surface area contributed by atoms with Crippen LogP contribution in [0, 0.1) is 0 Å². The van der Waals surface area contributed by atoms with Crippen LogP contribution in [0.15, 0.2) is 59.4 Å². The molecule has 0 unspecified atom stereocenters. The number of fused-ring (bicyclic) bond motifs is 1. The first-order valence-corrected chi connectivity index (χ1v) is 6.72. The Kier molecular flexibility index (Phi) is 2.90. The highest BCUT2D eigenvalue weighted by Gasteiger charge is 2.05. The molecule has 0 bridgehead atoms. The first-order chi connectivity index (χ1) is 8.74. The van der Waals surface area contributed by atoms with Crippen LogP contribution in [0.3, 0.4) is 0 Å². The summed E-state index contributed by atoms with van der Waals surface area (Å²) in [4.78, 5) is 13.0. The molecule has 0 fully saturated rings. The van der Waals surface area contributed by atoms with Gasteiger partial charge in [-0.3, -0.25) is 4.79 Å². The number of hydrogen-bond donors (Lipinski definition) is 0. The van der Waals surface area contributed by atoms with Gasteiger partial charge in [-0.1, -0.05) is 41.9 Å². The van der Waals surface area contributed by atoms with Crippen LogP contribution < -0.4 is 5.43 Å². The molecule has 0 aliphatic carbocycles. The lowest BCUT2D eigenvalue weighted by Gasteiger charge is -2.02. The summed E-state index contributed by atoms with van der Waals surface area (Å²) < 4.78 is 0.925. The average Bonchev–Trinajstić information content (AvgIpc) is 2.39. The van der Waals surface area contributed by atoms with Gasteiger partial charge < -0.3 is 0 Å². The summed E-state index contributed by atoms with van der Waals surface area (Å²) in [5, 5.41) is 1.38. The van der Waals surface area contributed by atoms with E-state index in [4.69, 9.17) is 11.6 Å². The molecule has 3 rings (SSSR count). The highest BCUT2D eigenvalue weighted by molar-refractivity contribution is 7.21. The maximum atomic E-state index is 12.0. The molecule has 0 aliphatic heterocycles. The van der Waals surface area contributed by atoms with E-state index in [0.29, 0.717) is 5.02 Å². The van der Waals surface area contributed by atoms with Crippen LogP contribution in [-0.4, -0.2) is 0 Å². The minimum absolute atomic E-state index is 0.0410. The summed E-state index contributed by atoms with van der Waals surface area (Å²) in [6, 6.07) is 17.0. The minimum Gasteiger partial charge on any atom is -0.289 e. The van der Waals surface area contributed by atoms with Crippen molar-refractivity contribution in [2.75, 3.05) is 0 Å². The quantitative estimate of drug-likeness (QED) is 0.634. The lowest BCUT2D eigenvalue weighted by atomic mass is 10.2. The van der Waals surface area contributed by atoms with Crippen LogP contribution in [0.25, 0.3) is 20.5 Å². The topological polar surface area (TPSA) is 17.1 Å². The zero-order valence-electron chi connectivity index (χ0n) is 9.39. The van der Waals surface area contributed by atoms with Gasteiger partial charge in [0, 0.05) is 26.1 Å². The molecule has 0 saturated heterocycles. The lowest BCUT2D eigenvalue weighted by molar-refractivity contribution is 1.66. The first-order valence-electron chi connectivity index (χ1n) is 5.53. The first kappa shape index (κ1) is 11.5. The molecule has 2 aromatic carbocycles. The van der Waals surface area contributed by atoms with Crippen molar-refractivity contribution in [1.82, 2.24) is 0 Å². The molecule has 3 heteroatoms. The van der Waals surface area contributed by atoms with Crippen LogP contribution in [0.4, 0.5) is 0 Å². The van der Waals surface area contributed by atoms with Crippen molar-refractivity contribution in [3.05, 3.63) is 69.8 Å². The summed E-state index contributed by atoms with van der Waals surface area (Å²) in [7, 11) is 0. The Morgan fingerprint density at radius 1 is 0.944 bits per heavy atom. The van der Waals surface area contributed by atoms with E-state index in [1.165, 1.54) is 0 Å². The van der Waals surface area contributed by atoms with E-state index in [2.05, 4.69) is 0 Å². The minimum atomic E-state index is 0.0410. The molecule has 1 nitrogen and oxygen atoms in total. The van der Waals surface area contributed by atoms with Crippen molar-refractivity contribution >= 4 is 33.0 Å².